The first-order valence-corrected chi connectivity index (χ1v) is 8.20. The molecule has 2 aromatic carbocycles. The molecular weight excluding hydrogens is 308 g/mol. The predicted octanol–water partition coefficient (Wildman–Crippen LogP) is 5.48. The van der Waals surface area contributed by atoms with Crippen LogP contribution in [0.2, 0.25) is 5.02 Å². The van der Waals surface area contributed by atoms with E-state index in [0.717, 1.165) is 16.7 Å². The van der Waals surface area contributed by atoms with Crippen molar-refractivity contribution in [2.24, 2.45) is 0 Å². The van der Waals surface area contributed by atoms with E-state index in [1.807, 2.05) is 43.3 Å². The summed E-state index contributed by atoms with van der Waals surface area (Å²) in [6, 6.07) is 13.5. The highest BCUT2D eigenvalue weighted by Crippen LogP contribution is 2.32. The van der Waals surface area contributed by atoms with Gasteiger partial charge in [0.1, 0.15) is 5.75 Å². The third-order valence-corrected chi connectivity index (χ3v) is 3.95. The van der Waals surface area contributed by atoms with E-state index in [0.29, 0.717) is 23.6 Å². The Labute approximate surface area is 143 Å². The van der Waals surface area contributed by atoms with Gasteiger partial charge >= 0.3 is 5.97 Å². The van der Waals surface area contributed by atoms with Gasteiger partial charge < -0.3 is 4.74 Å². The quantitative estimate of drug-likeness (QED) is 0.547. The van der Waals surface area contributed by atoms with Crippen LogP contribution in [0.4, 0.5) is 0 Å². The maximum absolute atomic E-state index is 12.2. The summed E-state index contributed by atoms with van der Waals surface area (Å²) in [6.07, 6.45) is 0.992. The molecule has 0 fully saturated rings. The van der Waals surface area contributed by atoms with Crippen molar-refractivity contribution < 1.29 is 9.53 Å². The predicted molar refractivity (Wildman–Crippen MR) is 95.3 cm³/mol. The van der Waals surface area contributed by atoms with Crippen LogP contribution in [0.3, 0.4) is 0 Å². The first-order valence-electron chi connectivity index (χ1n) is 7.82. The molecule has 0 aliphatic heterocycles. The van der Waals surface area contributed by atoms with Crippen LogP contribution in [0.1, 0.15) is 43.9 Å². The topological polar surface area (TPSA) is 26.3 Å². The number of aryl methyl sites for hydroxylation is 2. The van der Waals surface area contributed by atoms with Crippen LogP contribution < -0.4 is 4.74 Å². The zero-order valence-corrected chi connectivity index (χ0v) is 14.9. The van der Waals surface area contributed by atoms with E-state index in [1.54, 1.807) is 0 Å². The summed E-state index contributed by atoms with van der Waals surface area (Å²) in [4.78, 5) is 12.2. The molecular formula is C20H23ClO2. The Hall–Kier alpha value is -1.80. The first kappa shape index (κ1) is 17.6. The lowest BCUT2D eigenvalue weighted by Gasteiger charge is -2.22. The Balaban J connectivity index is 2.04. The van der Waals surface area contributed by atoms with Crippen molar-refractivity contribution in [1.29, 1.82) is 0 Å². The van der Waals surface area contributed by atoms with Gasteiger partial charge in [0.15, 0.2) is 0 Å². The molecule has 0 aromatic heterocycles. The van der Waals surface area contributed by atoms with Gasteiger partial charge in [-0.25, -0.2) is 0 Å². The highest BCUT2D eigenvalue weighted by molar-refractivity contribution is 6.30. The monoisotopic (exact) mass is 330 g/mol. The molecule has 0 aliphatic rings. The normalized spacial score (nSPS) is 11.3. The van der Waals surface area contributed by atoms with Crippen LogP contribution in [0, 0.1) is 6.92 Å². The fourth-order valence-electron chi connectivity index (χ4n) is 2.39. The molecule has 0 aliphatic carbocycles. The van der Waals surface area contributed by atoms with E-state index in [2.05, 4.69) is 26.8 Å². The summed E-state index contributed by atoms with van der Waals surface area (Å²) in [5.41, 5.74) is 3.22. The number of hydrogen-bond acceptors (Lipinski definition) is 2. The van der Waals surface area contributed by atoms with Crippen molar-refractivity contribution in [1.82, 2.24) is 0 Å². The lowest BCUT2D eigenvalue weighted by molar-refractivity contribution is -0.134. The SMILES string of the molecule is Cc1ccc(OC(=O)CCc2ccc(Cl)cc2)c(C(C)(C)C)c1. The third-order valence-electron chi connectivity index (χ3n) is 3.70. The van der Waals surface area contributed by atoms with Crippen LogP contribution in [-0.4, -0.2) is 5.97 Å². The largest absolute Gasteiger partial charge is 0.426 e. The maximum Gasteiger partial charge on any atom is 0.311 e. The fourth-order valence-corrected chi connectivity index (χ4v) is 2.52. The standard InChI is InChI=1S/C20H23ClO2/c1-14-5-11-18(17(13-14)20(2,3)4)23-19(22)12-8-15-6-9-16(21)10-7-15/h5-7,9-11,13H,8,12H2,1-4H3. The van der Waals surface area contributed by atoms with Crippen molar-refractivity contribution in [3.05, 3.63) is 64.2 Å². The Morgan fingerprint density at radius 3 is 2.35 bits per heavy atom. The molecule has 0 saturated heterocycles. The number of benzene rings is 2. The molecule has 0 heterocycles. The Morgan fingerprint density at radius 2 is 1.74 bits per heavy atom. The Morgan fingerprint density at radius 1 is 1.09 bits per heavy atom. The second-order valence-electron chi connectivity index (χ2n) is 6.85. The summed E-state index contributed by atoms with van der Waals surface area (Å²) in [5, 5.41) is 0.700. The summed E-state index contributed by atoms with van der Waals surface area (Å²) in [7, 11) is 0. The van der Waals surface area contributed by atoms with Crippen molar-refractivity contribution in [3.63, 3.8) is 0 Å². The molecule has 0 radical (unpaired) electrons. The van der Waals surface area contributed by atoms with Gasteiger partial charge in [-0.2, -0.15) is 0 Å². The second kappa shape index (κ2) is 7.18. The molecule has 0 bridgehead atoms. The molecule has 0 saturated carbocycles. The highest BCUT2D eigenvalue weighted by atomic mass is 35.5. The molecule has 2 nitrogen and oxygen atoms in total. The Bertz CT molecular complexity index is 682. The molecule has 3 heteroatoms. The summed E-state index contributed by atoms with van der Waals surface area (Å²) in [5.74, 6) is 0.443. The maximum atomic E-state index is 12.2. The van der Waals surface area contributed by atoms with E-state index in [1.165, 1.54) is 0 Å². The molecule has 0 unspecified atom stereocenters. The summed E-state index contributed by atoms with van der Waals surface area (Å²) >= 11 is 5.86. The molecule has 23 heavy (non-hydrogen) atoms. The smallest absolute Gasteiger partial charge is 0.311 e. The Kier molecular flexibility index (Phi) is 5.48. The van der Waals surface area contributed by atoms with Crippen molar-refractivity contribution >= 4 is 17.6 Å². The number of halogens is 1. The average molecular weight is 331 g/mol. The van der Waals surface area contributed by atoms with Gasteiger partial charge in [-0.3, -0.25) is 4.79 Å². The van der Waals surface area contributed by atoms with Gasteiger partial charge in [0.25, 0.3) is 0 Å². The van der Waals surface area contributed by atoms with Gasteiger partial charge in [0, 0.05) is 17.0 Å². The van der Waals surface area contributed by atoms with Gasteiger partial charge in [-0.05, 0) is 42.5 Å². The molecule has 0 N–H and O–H groups in total. The molecule has 2 aromatic rings. The minimum atomic E-state index is -0.214. The van der Waals surface area contributed by atoms with Crippen LogP contribution in [0.5, 0.6) is 5.75 Å². The van der Waals surface area contributed by atoms with Crippen LogP contribution in [0.25, 0.3) is 0 Å². The first-order chi connectivity index (χ1) is 10.8. The molecule has 0 spiro atoms. The number of rotatable bonds is 4. The summed E-state index contributed by atoms with van der Waals surface area (Å²) < 4.78 is 5.61. The van der Waals surface area contributed by atoms with Crippen LogP contribution >= 0.6 is 11.6 Å². The van der Waals surface area contributed by atoms with E-state index < -0.39 is 0 Å². The van der Waals surface area contributed by atoms with Gasteiger partial charge in [-0.1, -0.05) is 62.2 Å². The minimum Gasteiger partial charge on any atom is -0.426 e. The van der Waals surface area contributed by atoms with E-state index in [-0.39, 0.29) is 11.4 Å². The van der Waals surface area contributed by atoms with Crippen molar-refractivity contribution in [2.45, 2.75) is 46.0 Å². The fraction of sp³-hybridized carbons (Fsp3) is 0.350. The van der Waals surface area contributed by atoms with Gasteiger partial charge in [-0.15, -0.1) is 0 Å². The molecule has 2 rings (SSSR count). The number of hydrogen-bond donors (Lipinski definition) is 0. The van der Waals surface area contributed by atoms with E-state index >= 15 is 0 Å². The second-order valence-corrected chi connectivity index (χ2v) is 7.29. The molecule has 0 atom stereocenters. The number of carbonyl (C=O) groups is 1. The summed E-state index contributed by atoms with van der Waals surface area (Å²) in [6.45, 7) is 8.40. The zero-order valence-electron chi connectivity index (χ0n) is 14.2. The van der Waals surface area contributed by atoms with Crippen molar-refractivity contribution in [2.75, 3.05) is 0 Å². The number of ether oxygens (including phenoxy) is 1. The number of carbonyl (C=O) groups excluding carboxylic acids is 1. The van der Waals surface area contributed by atoms with E-state index in [4.69, 9.17) is 16.3 Å². The van der Waals surface area contributed by atoms with Gasteiger partial charge in [0.05, 0.1) is 0 Å². The van der Waals surface area contributed by atoms with Crippen LogP contribution in [-0.2, 0) is 16.6 Å². The lowest BCUT2D eigenvalue weighted by atomic mass is 9.85. The zero-order chi connectivity index (χ0) is 17.0. The van der Waals surface area contributed by atoms with Gasteiger partial charge in [0.2, 0.25) is 0 Å². The van der Waals surface area contributed by atoms with Crippen molar-refractivity contribution in [3.8, 4) is 5.75 Å². The average Bonchev–Trinajstić information content (AvgIpc) is 2.47. The van der Waals surface area contributed by atoms with E-state index in [9.17, 15) is 4.79 Å². The third kappa shape index (κ3) is 5.11. The lowest BCUT2D eigenvalue weighted by Crippen LogP contribution is -2.17. The number of esters is 1. The highest BCUT2D eigenvalue weighted by Gasteiger charge is 2.20. The molecule has 122 valence electrons. The molecule has 0 amide bonds. The van der Waals surface area contributed by atoms with Crippen LogP contribution in [0.15, 0.2) is 42.5 Å². The minimum absolute atomic E-state index is 0.0716.